The summed E-state index contributed by atoms with van der Waals surface area (Å²) in [5, 5.41) is 0.271. The molecule has 1 amide bonds. The van der Waals surface area contributed by atoms with Crippen molar-refractivity contribution in [1.82, 2.24) is 9.97 Å². The Bertz CT molecular complexity index is 905. The van der Waals surface area contributed by atoms with E-state index in [1.165, 1.54) is 4.90 Å². The fraction of sp³-hybridized carbons (Fsp3) is 0.364. The zero-order chi connectivity index (χ0) is 21.4. The summed E-state index contributed by atoms with van der Waals surface area (Å²) in [6, 6.07) is 8.77. The van der Waals surface area contributed by atoms with Crippen LogP contribution in [0.25, 0.3) is 0 Å². The van der Waals surface area contributed by atoms with Crippen molar-refractivity contribution in [3.8, 4) is 11.8 Å². The summed E-state index contributed by atoms with van der Waals surface area (Å²) in [4.78, 5) is 32.8. The summed E-state index contributed by atoms with van der Waals surface area (Å²) in [6.45, 7) is 7.32. The molecule has 0 atom stereocenters. The van der Waals surface area contributed by atoms with E-state index in [0.717, 1.165) is 5.56 Å². The van der Waals surface area contributed by atoms with E-state index < -0.39 is 5.60 Å². The monoisotopic (exact) mass is 413 g/mol. The van der Waals surface area contributed by atoms with Crippen molar-refractivity contribution in [2.75, 3.05) is 4.90 Å². The van der Waals surface area contributed by atoms with Gasteiger partial charge in [-0.05, 0) is 64.4 Å². The minimum atomic E-state index is -0.464. The highest BCUT2D eigenvalue weighted by Crippen LogP contribution is 2.22. The molecule has 1 aromatic carbocycles. The van der Waals surface area contributed by atoms with Gasteiger partial charge in [-0.1, -0.05) is 23.4 Å². The quantitative estimate of drug-likeness (QED) is 0.227. The van der Waals surface area contributed by atoms with Crippen molar-refractivity contribution in [2.24, 2.45) is 0 Å². The average molecular weight is 414 g/mol. The molecule has 0 aliphatic rings. The molecule has 0 fully saturated rings. The van der Waals surface area contributed by atoms with E-state index in [2.05, 4.69) is 21.8 Å². The maximum absolute atomic E-state index is 11.7. The predicted molar refractivity (Wildman–Crippen MR) is 113 cm³/mol. The van der Waals surface area contributed by atoms with E-state index in [9.17, 15) is 9.59 Å². The lowest BCUT2D eigenvalue weighted by molar-refractivity contribution is -0.154. The highest BCUT2D eigenvalue weighted by Gasteiger charge is 2.15. The SMILES string of the molecule is Cc1cc(Cl)nc(N(C=O)c2ccc(C#CCCCC(=O)OC(C)(C)C)cc2)n1. The number of unbranched alkanes of at least 4 members (excludes halogenated alkanes) is 1. The molecule has 0 N–H and O–H groups in total. The minimum Gasteiger partial charge on any atom is -0.460 e. The summed E-state index contributed by atoms with van der Waals surface area (Å²) in [5.74, 6) is 6.10. The van der Waals surface area contributed by atoms with Gasteiger partial charge in [0.2, 0.25) is 12.4 Å². The zero-order valence-corrected chi connectivity index (χ0v) is 17.8. The fourth-order valence-electron chi connectivity index (χ4n) is 2.43. The second-order valence-electron chi connectivity index (χ2n) is 7.40. The Morgan fingerprint density at radius 1 is 1.24 bits per heavy atom. The summed E-state index contributed by atoms with van der Waals surface area (Å²) in [5.41, 5.74) is 1.62. The van der Waals surface area contributed by atoms with Gasteiger partial charge in [-0.25, -0.2) is 9.97 Å². The predicted octanol–water partition coefficient (Wildman–Crippen LogP) is 4.60. The number of carbonyl (C=O) groups excluding carboxylic acids is 2. The first kappa shape index (κ1) is 22.4. The van der Waals surface area contributed by atoms with Gasteiger partial charge in [0.15, 0.2) is 0 Å². The molecule has 0 unspecified atom stereocenters. The van der Waals surface area contributed by atoms with Crippen LogP contribution in [-0.2, 0) is 14.3 Å². The average Bonchev–Trinajstić information content (AvgIpc) is 2.61. The van der Waals surface area contributed by atoms with E-state index in [-0.39, 0.29) is 17.1 Å². The Labute approximate surface area is 176 Å². The Morgan fingerprint density at radius 3 is 2.52 bits per heavy atom. The van der Waals surface area contributed by atoms with Crippen LogP contribution in [0.15, 0.2) is 30.3 Å². The van der Waals surface area contributed by atoms with Gasteiger partial charge >= 0.3 is 5.97 Å². The maximum Gasteiger partial charge on any atom is 0.306 e. The van der Waals surface area contributed by atoms with Crippen molar-refractivity contribution >= 4 is 35.6 Å². The van der Waals surface area contributed by atoms with Gasteiger partial charge in [0, 0.05) is 24.1 Å². The summed E-state index contributed by atoms with van der Waals surface area (Å²) in [6.07, 6.45) is 2.22. The topological polar surface area (TPSA) is 72.4 Å². The number of nitrogens with zero attached hydrogens (tertiary/aromatic N) is 3. The normalized spacial score (nSPS) is 10.7. The first-order valence-corrected chi connectivity index (χ1v) is 9.62. The summed E-state index contributed by atoms with van der Waals surface area (Å²) < 4.78 is 5.26. The van der Waals surface area contributed by atoms with Gasteiger partial charge in [-0.2, -0.15) is 0 Å². The standard InChI is InChI=1S/C22H24ClN3O3/c1-16-14-19(23)25-21(24-16)26(15-27)18-12-10-17(11-13-18)8-6-5-7-9-20(28)29-22(2,3)4/h10-15H,5,7,9H2,1-4H3. The third kappa shape index (κ3) is 7.55. The highest BCUT2D eigenvalue weighted by molar-refractivity contribution is 6.29. The molecule has 7 heteroatoms. The first-order valence-electron chi connectivity index (χ1n) is 9.24. The number of anilines is 2. The van der Waals surface area contributed by atoms with Gasteiger partial charge in [-0.15, -0.1) is 0 Å². The number of esters is 1. The van der Waals surface area contributed by atoms with Crippen molar-refractivity contribution in [1.29, 1.82) is 0 Å². The molecule has 0 saturated heterocycles. The van der Waals surface area contributed by atoms with Gasteiger partial charge in [0.25, 0.3) is 0 Å². The third-order valence-electron chi connectivity index (χ3n) is 3.61. The smallest absolute Gasteiger partial charge is 0.306 e. The van der Waals surface area contributed by atoms with Crippen LogP contribution in [0, 0.1) is 18.8 Å². The number of halogens is 1. The lowest BCUT2D eigenvalue weighted by Crippen LogP contribution is -2.23. The van der Waals surface area contributed by atoms with Crippen LogP contribution < -0.4 is 4.90 Å². The number of hydrogen-bond acceptors (Lipinski definition) is 5. The van der Waals surface area contributed by atoms with Crippen LogP contribution >= 0.6 is 11.6 Å². The van der Waals surface area contributed by atoms with Crippen molar-refractivity contribution in [3.63, 3.8) is 0 Å². The molecule has 0 aliphatic carbocycles. The second-order valence-corrected chi connectivity index (χ2v) is 7.78. The molecule has 0 bridgehead atoms. The van der Waals surface area contributed by atoms with E-state index in [1.54, 1.807) is 25.1 Å². The molecule has 0 aliphatic heterocycles. The largest absolute Gasteiger partial charge is 0.460 e. The lowest BCUT2D eigenvalue weighted by atomic mass is 10.1. The van der Waals surface area contributed by atoms with Crippen LogP contribution in [-0.4, -0.2) is 27.9 Å². The molecule has 29 heavy (non-hydrogen) atoms. The van der Waals surface area contributed by atoms with Crippen molar-refractivity contribution < 1.29 is 14.3 Å². The summed E-state index contributed by atoms with van der Waals surface area (Å²) >= 11 is 5.96. The zero-order valence-electron chi connectivity index (χ0n) is 17.0. The number of benzene rings is 1. The number of rotatable bonds is 6. The molecular formula is C22H24ClN3O3. The van der Waals surface area contributed by atoms with Crippen molar-refractivity contribution in [2.45, 2.75) is 52.6 Å². The van der Waals surface area contributed by atoms with E-state index in [1.807, 2.05) is 32.9 Å². The Hall–Kier alpha value is -2.91. The lowest BCUT2D eigenvalue weighted by Gasteiger charge is -2.19. The van der Waals surface area contributed by atoms with Gasteiger partial charge < -0.3 is 4.74 Å². The third-order valence-corrected chi connectivity index (χ3v) is 3.81. The highest BCUT2D eigenvalue weighted by atomic mass is 35.5. The van der Waals surface area contributed by atoms with Gasteiger partial charge in [-0.3, -0.25) is 14.5 Å². The number of aromatic nitrogens is 2. The van der Waals surface area contributed by atoms with E-state index in [4.69, 9.17) is 16.3 Å². The Kier molecular flexibility index (Phi) is 7.74. The Morgan fingerprint density at radius 2 is 1.93 bits per heavy atom. The molecule has 0 spiro atoms. The van der Waals surface area contributed by atoms with E-state index >= 15 is 0 Å². The van der Waals surface area contributed by atoms with Gasteiger partial charge in [0.1, 0.15) is 10.8 Å². The van der Waals surface area contributed by atoms with Crippen LogP contribution in [0.3, 0.4) is 0 Å². The molecule has 1 aromatic heterocycles. The number of hydrogen-bond donors (Lipinski definition) is 0. The van der Waals surface area contributed by atoms with Gasteiger partial charge in [0.05, 0.1) is 5.69 Å². The molecule has 1 heterocycles. The molecule has 2 aromatic rings. The Balaban J connectivity index is 1.95. The van der Waals surface area contributed by atoms with Crippen LogP contribution in [0.1, 0.15) is 51.3 Å². The first-order chi connectivity index (χ1) is 13.7. The fourth-order valence-corrected chi connectivity index (χ4v) is 2.66. The van der Waals surface area contributed by atoms with Crippen LogP contribution in [0.5, 0.6) is 0 Å². The summed E-state index contributed by atoms with van der Waals surface area (Å²) in [7, 11) is 0. The molecule has 0 saturated carbocycles. The minimum absolute atomic E-state index is 0.212. The van der Waals surface area contributed by atoms with Crippen LogP contribution in [0.4, 0.5) is 11.6 Å². The van der Waals surface area contributed by atoms with Crippen molar-refractivity contribution in [3.05, 3.63) is 46.7 Å². The molecule has 6 nitrogen and oxygen atoms in total. The maximum atomic E-state index is 11.7. The van der Waals surface area contributed by atoms with E-state index in [0.29, 0.717) is 37.1 Å². The second kappa shape index (κ2) is 10.0. The van der Waals surface area contributed by atoms with Crippen LogP contribution in [0.2, 0.25) is 5.15 Å². The number of ether oxygens (including phenoxy) is 1. The number of aryl methyl sites for hydroxylation is 1. The molecule has 2 rings (SSSR count). The number of amides is 1. The number of carbonyl (C=O) groups is 2. The molecule has 0 radical (unpaired) electrons. The molecule has 152 valence electrons. The molecular weight excluding hydrogens is 390 g/mol.